The first-order valence-electron chi connectivity index (χ1n) is 6.15. The Morgan fingerprint density at radius 1 is 1.38 bits per heavy atom. The molecule has 0 saturated heterocycles. The molecule has 114 valence electrons. The first kappa shape index (κ1) is 15.7. The summed E-state index contributed by atoms with van der Waals surface area (Å²) in [7, 11) is 0. The zero-order valence-corrected chi connectivity index (χ0v) is 11.6. The number of amides is 1. The quantitative estimate of drug-likeness (QED) is 0.688. The van der Waals surface area contributed by atoms with Crippen LogP contribution in [0.25, 0.3) is 0 Å². The maximum atomic E-state index is 13.3. The molecule has 0 aromatic heterocycles. The van der Waals surface area contributed by atoms with Gasteiger partial charge in [0.05, 0.1) is 4.99 Å². The minimum Gasteiger partial charge on any atom is -0.393 e. The average molecular weight is 320 g/mol. The summed E-state index contributed by atoms with van der Waals surface area (Å²) in [5.74, 6) is -3.24. The van der Waals surface area contributed by atoms with Crippen molar-refractivity contribution < 1.29 is 22.4 Å². The number of nitrogens with zero attached hydrogens (tertiary/aromatic N) is 1. The second kappa shape index (κ2) is 5.59. The Balaban J connectivity index is 2.37. The number of benzene rings is 1. The Kier molecular flexibility index (Phi) is 4.18. The van der Waals surface area contributed by atoms with Crippen LogP contribution in [0, 0.1) is 11.7 Å². The van der Waals surface area contributed by atoms with Gasteiger partial charge in [0.1, 0.15) is 11.7 Å². The van der Waals surface area contributed by atoms with Crippen LogP contribution < -0.4 is 10.6 Å². The fraction of sp³-hybridized carbons (Fsp3) is 0.385. The molecule has 1 aliphatic heterocycles. The molecule has 1 unspecified atom stereocenters. The van der Waals surface area contributed by atoms with Crippen LogP contribution in [0.5, 0.6) is 0 Å². The Labute approximate surface area is 123 Å². The minimum absolute atomic E-state index is 0.0700. The Morgan fingerprint density at radius 2 is 2.05 bits per heavy atom. The second-order valence-electron chi connectivity index (χ2n) is 4.77. The van der Waals surface area contributed by atoms with Crippen LogP contribution in [-0.4, -0.2) is 23.6 Å². The summed E-state index contributed by atoms with van der Waals surface area (Å²) in [5.41, 5.74) is 5.91. The van der Waals surface area contributed by atoms with Crippen LogP contribution >= 0.6 is 12.2 Å². The van der Waals surface area contributed by atoms with Gasteiger partial charge in [0, 0.05) is 18.7 Å². The highest BCUT2D eigenvalue weighted by Gasteiger charge is 2.44. The van der Waals surface area contributed by atoms with E-state index in [0.717, 1.165) is 11.0 Å². The normalized spacial score (nSPS) is 16.6. The van der Waals surface area contributed by atoms with Crippen LogP contribution in [0.4, 0.5) is 23.2 Å². The zero-order valence-electron chi connectivity index (χ0n) is 10.8. The van der Waals surface area contributed by atoms with Crippen molar-refractivity contribution in [1.82, 2.24) is 0 Å². The number of carbonyl (C=O) groups excluding carboxylic acids is 1. The summed E-state index contributed by atoms with van der Waals surface area (Å²) in [6, 6.07) is 3.73. The van der Waals surface area contributed by atoms with Gasteiger partial charge in [-0.3, -0.25) is 4.79 Å². The van der Waals surface area contributed by atoms with Gasteiger partial charge in [0.15, 0.2) is 0 Å². The summed E-state index contributed by atoms with van der Waals surface area (Å²) in [6.45, 7) is -0.728. The van der Waals surface area contributed by atoms with E-state index >= 15 is 0 Å². The van der Waals surface area contributed by atoms with Gasteiger partial charge in [-0.1, -0.05) is 18.3 Å². The van der Waals surface area contributed by atoms with Gasteiger partial charge in [0.25, 0.3) is 0 Å². The van der Waals surface area contributed by atoms with Gasteiger partial charge >= 0.3 is 6.18 Å². The maximum Gasteiger partial charge on any atom is 0.399 e. The highest BCUT2D eigenvalue weighted by atomic mass is 32.1. The van der Waals surface area contributed by atoms with E-state index < -0.39 is 35.4 Å². The van der Waals surface area contributed by atoms with Crippen molar-refractivity contribution >= 4 is 28.8 Å². The summed E-state index contributed by atoms with van der Waals surface area (Å²) in [4.78, 5) is 12.1. The van der Waals surface area contributed by atoms with Crippen LogP contribution in [0.1, 0.15) is 12.0 Å². The third-order valence-electron chi connectivity index (χ3n) is 3.35. The molecule has 2 rings (SSSR count). The van der Waals surface area contributed by atoms with E-state index in [0.29, 0.717) is 12.0 Å². The standard InChI is InChI=1S/C13H12F4N2OS/c14-8-3-1-7-2-4-11(20)19(10(7)5-8)6-9(12(18)21)13(15,16)17/h1,3,5,9H,2,4,6H2,(H2,18,21). The molecule has 1 heterocycles. The number of anilines is 1. The summed E-state index contributed by atoms with van der Waals surface area (Å²) in [5, 5.41) is 0. The molecule has 8 heteroatoms. The molecule has 0 bridgehead atoms. The number of hydrogen-bond acceptors (Lipinski definition) is 2. The number of fused-ring (bicyclic) bond motifs is 1. The lowest BCUT2D eigenvalue weighted by atomic mass is 9.99. The van der Waals surface area contributed by atoms with Crippen LogP contribution in [0.3, 0.4) is 0 Å². The molecule has 3 nitrogen and oxygen atoms in total. The SMILES string of the molecule is NC(=S)C(CN1C(=O)CCc2ccc(F)cc21)C(F)(F)F. The molecule has 0 spiro atoms. The van der Waals surface area contributed by atoms with E-state index in [-0.39, 0.29) is 12.1 Å². The van der Waals surface area contributed by atoms with Gasteiger partial charge in [-0.05, 0) is 24.1 Å². The molecular weight excluding hydrogens is 308 g/mol. The number of aryl methyl sites for hydroxylation is 1. The van der Waals surface area contributed by atoms with E-state index in [9.17, 15) is 22.4 Å². The van der Waals surface area contributed by atoms with Crippen molar-refractivity contribution in [2.75, 3.05) is 11.4 Å². The van der Waals surface area contributed by atoms with E-state index in [4.69, 9.17) is 5.73 Å². The Morgan fingerprint density at radius 3 is 2.62 bits per heavy atom. The largest absolute Gasteiger partial charge is 0.399 e. The number of halogens is 4. The number of carbonyl (C=O) groups is 1. The first-order valence-corrected chi connectivity index (χ1v) is 6.56. The van der Waals surface area contributed by atoms with Gasteiger partial charge in [-0.15, -0.1) is 0 Å². The fourth-order valence-corrected chi connectivity index (χ4v) is 2.46. The molecule has 0 aliphatic carbocycles. The average Bonchev–Trinajstić information content (AvgIpc) is 2.35. The Hall–Kier alpha value is -1.70. The lowest BCUT2D eigenvalue weighted by molar-refractivity contribution is -0.153. The van der Waals surface area contributed by atoms with Crippen molar-refractivity contribution in [3.63, 3.8) is 0 Å². The minimum atomic E-state index is -4.66. The summed E-state index contributed by atoms with van der Waals surface area (Å²) >= 11 is 4.44. The highest BCUT2D eigenvalue weighted by Crippen LogP contribution is 2.33. The molecule has 0 fully saturated rings. The number of hydrogen-bond donors (Lipinski definition) is 1. The first-order chi connectivity index (χ1) is 9.70. The predicted molar refractivity (Wildman–Crippen MR) is 73.4 cm³/mol. The Bertz CT molecular complexity index is 588. The van der Waals surface area contributed by atoms with Crippen LogP contribution in [0.2, 0.25) is 0 Å². The van der Waals surface area contributed by atoms with Crippen LogP contribution in [-0.2, 0) is 11.2 Å². The van der Waals surface area contributed by atoms with E-state index in [2.05, 4.69) is 12.2 Å². The van der Waals surface area contributed by atoms with Gasteiger partial charge in [-0.2, -0.15) is 13.2 Å². The lowest BCUT2D eigenvalue weighted by Crippen LogP contribution is -2.47. The van der Waals surface area contributed by atoms with Crippen molar-refractivity contribution in [2.24, 2.45) is 11.7 Å². The monoisotopic (exact) mass is 320 g/mol. The smallest absolute Gasteiger partial charge is 0.393 e. The number of alkyl halides is 3. The van der Waals surface area contributed by atoms with Crippen molar-refractivity contribution in [1.29, 1.82) is 0 Å². The number of thiocarbonyl (C=S) groups is 1. The van der Waals surface area contributed by atoms with Gasteiger partial charge < -0.3 is 10.6 Å². The van der Waals surface area contributed by atoms with Crippen molar-refractivity contribution in [3.05, 3.63) is 29.6 Å². The molecule has 1 amide bonds. The predicted octanol–water partition coefficient (Wildman–Crippen LogP) is 2.57. The third-order valence-corrected chi connectivity index (χ3v) is 3.64. The number of nitrogens with two attached hydrogens (primary N) is 1. The molecule has 2 N–H and O–H groups in total. The van der Waals surface area contributed by atoms with Gasteiger partial charge in [0.2, 0.25) is 5.91 Å². The summed E-state index contributed by atoms with van der Waals surface area (Å²) < 4.78 is 52.1. The van der Waals surface area contributed by atoms with Crippen LogP contribution in [0.15, 0.2) is 18.2 Å². The number of rotatable bonds is 3. The summed E-state index contributed by atoms with van der Waals surface area (Å²) in [6.07, 6.45) is -4.22. The zero-order chi connectivity index (χ0) is 15.8. The van der Waals surface area contributed by atoms with E-state index in [1.807, 2.05) is 0 Å². The third kappa shape index (κ3) is 3.31. The molecule has 21 heavy (non-hydrogen) atoms. The molecule has 1 aromatic rings. The second-order valence-corrected chi connectivity index (χ2v) is 5.25. The highest BCUT2D eigenvalue weighted by molar-refractivity contribution is 7.80. The fourth-order valence-electron chi connectivity index (χ4n) is 2.25. The maximum absolute atomic E-state index is 13.3. The lowest BCUT2D eigenvalue weighted by Gasteiger charge is -2.32. The molecule has 1 aliphatic rings. The molecular formula is C13H12F4N2OS. The molecule has 1 aromatic carbocycles. The van der Waals surface area contributed by atoms with Crippen molar-refractivity contribution in [2.45, 2.75) is 19.0 Å². The molecule has 0 radical (unpaired) electrons. The van der Waals surface area contributed by atoms with Crippen molar-refractivity contribution in [3.8, 4) is 0 Å². The van der Waals surface area contributed by atoms with E-state index in [1.54, 1.807) is 0 Å². The topological polar surface area (TPSA) is 46.3 Å². The van der Waals surface area contributed by atoms with Gasteiger partial charge in [-0.25, -0.2) is 4.39 Å². The van der Waals surface area contributed by atoms with E-state index in [1.165, 1.54) is 12.1 Å². The molecule has 1 atom stereocenters. The molecule has 0 saturated carbocycles.